The van der Waals surface area contributed by atoms with E-state index in [2.05, 4.69) is 10.2 Å². The monoisotopic (exact) mass is 355 g/mol. The van der Waals surface area contributed by atoms with Gasteiger partial charge in [-0.15, -0.1) is 10.2 Å². The third kappa shape index (κ3) is 4.05. The van der Waals surface area contributed by atoms with Crippen molar-refractivity contribution in [1.29, 1.82) is 0 Å². The van der Waals surface area contributed by atoms with Crippen LogP contribution in [0.5, 0.6) is 5.75 Å². The van der Waals surface area contributed by atoms with Crippen LogP contribution in [-0.4, -0.2) is 34.7 Å². The smallest absolute Gasteiger partial charge is 0.260 e. The molecule has 0 saturated heterocycles. The molecule has 6 nitrogen and oxygen atoms in total. The van der Waals surface area contributed by atoms with Gasteiger partial charge in [0.2, 0.25) is 12.3 Å². The van der Waals surface area contributed by atoms with Gasteiger partial charge in [-0.3, -0.25) is 4.79 Å². The minimum absolute atomic E-state index is 0.0953. The summed E-state index contributed by atoms with van der Waals surface area (Å²) in [7, 11) is 1.69. The zero-order valence-corrected chi connectivity index (χ0v) is 14.4. The van der Waals surface area contributed by atoms with E-state index in [9.17, 15) is 9.18 Å². The molecule has 2 aromatic carbocycles. The van der Waals surface area contributed by atoms with E-state index in [1.807, 2.05) is 6.92 Å². The molecule has 0 radical (unpaired) electrons. The van der Waals surface area contributed by atoms with E-state index in [1.165, 1.54) is 18.5 Å². The number of amides is 1. The molecule has 0 saturated carbocycles. The second-order valence-corrected chi connectivity index (χ2v) is 5.79. The number of likely N-dealkylation sites (N-methyl/N-ethyl adjacent to an activating group) is 1. The molecule has 0 spiro atoms. The second kappa shape index (κ2) is 7.77. The van der Waals surface area contributed by atoms with Crippen molar-refractivity contribution >= 4 is 5.91 Å². The molecular weight excluding hydrogens is 337 g/mol. The molecule has 26 heavy (non-hydrogen) atoms. The lowest BCUT2D eigenvalue weighted by Crippen LogP contribution is -2.33. The van der Waals surface area contributed by atoms with E-state index < -0.39 is 0 Å². The van der Waals surface area contributed by atoms with Crippen molar-refractivity contribution in [3.63, 3.8) is 0 Å². The van der Waals surface area contributed by atoms with Crippen LogP contribution in [0, 0.1) is 5.82 Å². The van der Waals surface area contributed by atoms with Gasteiger partial charge in [-0.1, -0.05) is 12.1 Å². The summed E-state index contributed by atoms with van der Waals surface area (Å²) in [4.78, 5) is 13.9. The Labute approximate surface area is 150 Å². The Balaban J connectivity index is 1.56. The van der Waals surface area contributed by atoms with Crippen LogP contribution in [0.25, 0.3) is 11.5 Å². The Hall–Kier alpha value is -3.22. The molecule has 1 aromatic heterocycles. The largest absolute Gasteiger partial charge is 0.484 e. The summed E-state index contributed by atoms with van der Waals surface area (Å²) in [6.07, 6.45) is 1.26. The maximum Gasteiger partial charge on any atom is 0.260 e. The number of ether oxygens (including phenoxy) is 1. The van der Waals surface area contributed by atoms with Gasteiger partial charge in [0, 0.05) is 12.6 Å². The van der Waals surface area contributed by atoms with Gasteiger partial charge in [-0.25, -0.2) is 4.39 Å². The lowest BCUT2D eigenvalue weighted by atomic mass is 10.1. The Morgan fingerprint density at radius 2 is 1.88 bits per heavy atom. The van der Waals surface area contributed by atoms with Crippen molar-refractivity contribution in [3.05, 3.63) is 66.3 Å². The maximum absolute atomic E-state index is 13.0. The highest BCUT2D eigenvalue weighted by atomic mass is 19.1. The number of carbonyl (C=O) groups excluding carboxylic acids is 1. The first-order chi connectivity index (χ1) is 12.5. The lowest BCUT2D eigenvalue weighted by Gasteiger charge is -2.25. The van der Waals surface area contributed by atoms with Crippen molar-refractivity contribution in [3.8, 4) is 17.2 Å². The molecule has 7 heteroatoms. The number of carbonyl (C=O) groups is 1. The number of benzene rings is 2. The van der Waals surface area contributed by atoms with Gasteiger partial charge in [-0.2, -0.15) is 0 Å². The summed E-state index contributed by atoms with van der Waals surface area (Å²) in [5.41, 5.74) is 1.62. The zero-order valence-electron chi connectivity index (χ0n) is 14.4. The minimum Gasteiger partial charge on any atom is -0.484 e. The van der Waals surface area contributed by atoms with E-state index in [1.54, 1.807) is 48.3 Å². The van der Waals surface area contributed by atoms with Crippen LogP contribution in [0.3, 0.4) is 0 Å². The van der Waals surface area contributed by atoms with E-state index in [0.717, 1.165) is 11.1 Å². The molecule has 1 unspecified atom stereocenters. The van der Waals surface area contributed by atoms with Crippen molar-refractivity contribution in [2.45, 2.75) is 13.0 Å². The van der Waals surface area contributed by atoms with Crippen molar-refractivity contribution < 1.29 is 18.3 Å². The van der Waals surface area contributed by atoms with Crippen molar-refractivity contribution in [2.24, 2.45) is 0 Å². The predicted molar refractivity (Wildman–Crippen MR) is 92.8 cm³/mol. The quantitative estimate of drug-likeness (QED) is 0.677. The number of hydrogen-bond donors (Lipinski definition) is 0. The van der Waals surface area contributed by atoms with Gasteiger partial charge < -0.3 is 14.1 Å². The second-order valence-electron chi connectivity index (χ2n) is 5.79. The van der Waals surface area contributed by atoms with Gasteiger partial charge in [-0.05, 0) is 48.9 Å². The SMILES string of the molecule is CC(c1ccc(F)cc1)N(C)C(=O)COc1ccc(-c2nnco2)cc1. The summed E-state index contributed by atoms with van der Waals surface area (Å²) in [5, 5.41) is 7.45. The van der Waals surface area contributed by atoms with Crippen LogP contribution in [0.1, 0.15) is 18.5 Å². The highest BCUT2D eigenvalue weighted by molar-refractivity contribution is 5.78. The summed E-state index contributed by atoms with van der Waals surface area (Å²) in [6, 6.07) is 12.9. The molecule has 0 N–H and O–H groups in total. The normalized spacial score (nSPS) is 11.8. The fourth-order valence-corrected chi connectivity index (χ4v) is 2.42. The lowest BCUT2D eigenvalue weighted by molar-refractivity contribution is -0.134. The number of nitrogens with zero attached hydrogens (tertiary/aromatic N) is 3. The minimum atomic E-state index is -0.303. The van der Waals surface area contributed by atoms with Gasteiger partial charge in [0.1, 0.15) is 11.6 Å². The van der Waals surface area contributed by atoms with E-state index >= 15 is 0 Å². The molecule has 1 heterocycles. The Morgan fingerprint density at radius 3 is 2.50 bits per heavy atom. The topological polar surface area (TPSA) is 68.5 Å². The van der Waals surface area contributed by atoms with E-state index in [-0.39, 0.29) is 24.4 Å². The molecule has 0 aliphatic carbocycles. The molecule has 0 aliphatic heterocycles. The molecule has 3 aromatic rings. The first-order valence-corrected chi connectivity index (χ1v) is 8.05. The fraction of sp³-hybridized carbons (Fsp3) is 0.211. The Bertz CT molecular complexity index is 849. The van der Waals surface area contributed by atoms with Gasteiger partial charge in [0.25, 0.3) is 5.91 Å². The van der Waals surface area contributed by atoms with Crippen LogP contribution in [0.2, 0.25) is 0 Å². The van der Waals surface area contributed by atoms with Crippen molar-refractivity contribution in [2.75, 3.05) is 13.7 Å². The molecule has 0 fully saturated rings. The number of aromatic nitrogens is 2. The Kier molecular flexibility index (Phi) is 5.26. The van der Waals surface area contributed by atoms with Crippen LogP contribution in [0.4, 0.5) is 4.39 Å². The van der Waals surface area contributed by atoms with E-state index in [0.29, 0.717) is 11.6 Å². The standard InChI is InChI=1S/C19H18FN3O3/c1-13(14-3-7-16(20)8-4-14)23(2)18(24)11-25-17-9-5-15(6-10-17)19-22-21-12-26-19/h3-10,12-13H,11H2,1-2H3. The highest BCUT2D eigenvalue weighted by Gasteiger charge is 2.18. The fourth-order valence-electron chi connectivity index (χ4n) is 2.42. The van der Waals surface area contributed by atoms with Gasteiger partial charge in [0.05, 0.1) is 6.04 Å². The molecule has 1 atom stereocenters. The van der Waals surface area contributed by atoms with Gasteiger partial charge >= 0.3 is 0 Å². The van der Waals surface area contributed by atoms with Crippen LogP contribution >= 0.6 is 0 Å². The molecule has 3 rings (SSSR count). The first-order valence-electron chi connectivity index (χ1n) is 8.05. The number of halogens is 1. The average Bonchev–Trinajstić information content (AvgIpc) is 3.20. The third-order valence-corrected chi connectivity index (χ3v) is 4.15. The number of rotatable bonds is 6. The molecule has 134 valence electrons. The summed E-state index contributed by atoms with van der Waals surface area (Å²) in [5.74, 6) is 0.495. The predicted octanol–water partition coefficient (Wildman–Crippen LogP) is 3.47. The summed E-state index contributed by atoms with van der Waals surface area (Å²) in [6.45, 7) is 1.78. The molecule has 1 amide bonds. The third-order valence-electron chi connectivity index (χ3n) is 4.15. The average molecular weight is 355 g/mol. The van der Waals surface area contributed by atoms with E-state index in [4.69, 9.17) is 9.15 Å². The van der Waals surface area contributed by atoms with Crippen LogP contribution in [0.15, 0.2) is 59.3 Å². The van der Waals surface area contributed by atoms with Crippen LogP contribution < -0.4 is 4.74 Å². The molecular formula is C19H18FN3O3. The summed E-state index contributed by atoms with van der Waals surface area (Å²) < 4.78 is 23.7. The molecule has 0 bridgehead atoms. The Morgan fingerprint density at radius 1 is 1.19 bits per heavy atom. The summed E-state index contributed by atoms with van der Waals surface area (Å²) >= 11 is 0. The highest BCUT2D eigenvalue weighted by Crippen LogP contribution is 2.21. The maximum atomic E-state index is 13.0. The van der Waals surface area contributed by atoms with Crippen LogP contribution in [-0.2, 0) is 4.79 Å². The number of hydrogen-bond acceptors (Lipinski definition) is 5. The van der Waals surface area contributed by atoms with Crippen molar-refractivity contribution in [1.82, 2.24) is 15.1 Å². The first kappa shape index (κ1) is 17.6. The zero-order chi connectivity index (χ0) is 18.5. The molecule has 0 aliphatic rings. The van der Waals surface area contributed by atoms with Gasteiger partial charge in [0.15, 0.2) is 6.61 Å².